The van der Waals surface area contributed by atoms with E-state index in [-0.39, 0.29) is 0 Å². The van der Waals surface area contributed by atoms with E-state index < -0.39 is 0 Å². The SMILES string of the molecule is CSC1CCCC(n2c(C)cc3c2CCCC3=O)C1. The van der Waals surface area contributed by atoms with E-state index in [0.717, 1.165) is 30.1 Å². The van der Waals surface area contributed by atoms with Gasteiger partial charge >= 0.3 is 0 Å². The van der Waals surface area contributed by atoms with Crippen molar-refractivity contribution in [3.05, 3.63) is 23.0 Å². The van der Waals surface area contributed by atoms with Crippen LogP contribution in [-0.2, 0) is 6.42 Å². The Bertz CT molecular complexity index is 491. The van der Waals surface area contributed by atoms with Crippen molar-refractivity contribution in [1.82, 2.24) is 4.57 Å². The molecule has 0 radical (unpaired) electrons. The van der Waals surface area contributed by atoms with E-state index in [2.05, 4.69) is 23.8 Å². The number of nitrogens with zero attached hydrogens (tertiary/aromatic N) is 1. The van der Waals surface area contributed by atoms with Crippen LogP contribution in [0.2, 0.25) is 0 Å². The van der Waals surface area contributed by atoms with Crippen LogP contribution in [0.5, 0.6) is 0 Å². The van der Waals surface area contributed by atoms with Crippen LogP contribution in [0.4, 0.5) is 0 Å². The maximum atomic E-state index is 12.0. The van der Waals surface area contributed by atoms with Gasteiger partial charge < -0.3 is 4.57 Å². The monoisotopic (exact) mass is 277 g/mol. The molecule has 2 aliphatic carbocycles. The summed E-state index contributed by atoms with van der Waals surface area (Å²) in [5.41, 5.74) is 3.66. The Labute approximate surface area is 120 Å². The summed E-state index contributed by atoms with van der Waals surface area (Å²) in [7, 11) is 0. The second-order valence-electron chi connectivity index (χ2n) is 5.97. The number of rotatable bonds is 2. The van der Waals surface area contributed by atoms with E-state index in [0.29, 0.717) is 11.8 Å². The largest absolute Gasteiger partial charge is 0.345 e. The van der Waals surface area contributed by atoms with Crippen molar-refractivity contribution in [2.75, 3.05) is 6.26 Å². The van der Waals surface area contributed by atoms with Gasteiger partial charge in [0.15, 0.2) is 5.78 Å². The maximum absolute atomic E-state index is 12.0. The highest BCUT2D eigenvalue weighted by atomic mass is 32.2. The molecule has 0 N–H and O–H groups in total. The summed E-state index contributed by atoms with van der Waals surface area (Å²) in [4.78, 5) is 12.0. The number of aryl methyl sites for hydroxylation is 1. The average Bonchev–Trinajstić information content (AvgIpc) is 2.77. The normalized spacial score (nSPS) is 27.4. The molecule has 2 aliphatic rings. The van der Waals surface area contributed by atoms with Crippen LogP contribution in [0.15, 0.2) is 6.07 Å². The summed E-state index contributed by atoms with van der Waals surface area (Å²) in [6.45, 7) is 2.17. The van der Waals surface area contributed by atoms with Crippen molar-refractivity contribution >= 4 is 17.5 Å². The molecule has 2 unspecified atom stereocenters. The van der Waals surface area contributed by atoms with Crippen molar-refractivity contribution < 1.29 is 4.79 Å². The third kappa shape index (κ3) is 2.37. The fourth-order valence-corrected chi connectivity index (χ4v) is 4.65. The van der Waals surface area contributed by atoms with Crippen LogP contribution in [0.25, 0.3) is 0 Å². The molecule has 0 amide bonds. The highest BCUT2D eigenvalue weighted by Crippen LogP contribution is 2.38. The summed E-state index contributed by atoms with van der Waals surface area (Å²) >= 11 is 2.01. The molecular weight excluding hydrogens is 254 g/mol. The zero-order valence-electron chi connectivity index (χ0n) is 11.9. The molecule has 0 saturated heterocycles. The molecule has 1 heterocycles. The summed E-state index contributed by atoms with van der Waals surface area (Å²) in [5, 5.41) is 0.801. The Morgan fingerprint density at radius 1 is 1.26 bits per heavy atom. The van der Waals surface area contributed by atoms with Gasteiger partial charge in [0, 0.05) is 34.7 Å². The lowest BCUT2D eigenvalue weighted by molar-refractivity contribution is 0.0971. The van der Waals surface area contributed by atoms with Gasteiger partial charge in [0.05, 0.1) is 0 Å². The third-order valence-corrected chi connectivity index (χ3v) is 5.84. The Hall–Kier alpha value is -0.700. The second-order valence-corrected chi connectivity index (χ2v) is 7.11. The predicted molar refractivity (Wildman–Crippen MR) is 81.2 cm³/mol. The topological polar surface area (TPSA) is 22.0 Å². The highest BCUT2D eigenvalue weighted by molar-refractivity contribution is 7.99. The minimum absolute atomic E-state index is 0.361. The van der Waals surface area contributed by atoms with Crippen molar-refractivity contribution in [3.63, 3.8) is 0 Å². The van der Waals surface area contributed by atoms with Crippen LogP contribution in [-0.4, -0.2) is 21.9 Å². The Morgan fingerprint density at radius 3 is 2.89 bits per heavy atom. The smallest absolute Gasteiger partial charge is 0.164 e. The van der Waals surface area contributed by atoms with Crippen LogP contribution < -0.4 is 0 Å². The van der Waals surface area contributed by atoms with Gasteiger partial charge in [0.1, 0.15) is 0 Å². The van der Waals surface area contributed by atoms with Crippen molar-refractivity contribution in [3.8, 4) is 0 Å². The van der Waals surface area contributed by atoms with Gasteiger partial charge in [-0.1, -0.05) is 6.42 Å². The minimum atomic E-state index is 0.361. The summed E-state index contributed by atoms with van der Waals surface area (Å²) in [6, 6.07) is 2.76. The van der Waals surface area contributed by atoms with Crippen LogP contribution in [0, 0.1) is 6.92 Å². The zero-order chi connectivity index (χ0) is 13.4. The van der Waals surface area contributed by atoms with E-state index in [9.17, 15) is 4.79 Å². The molecule has 1 fully saturated rings. The first-order valence-corrected chi connectivity index (χ1v) is 8.76. The predicted octanol–water partition coefficient (Wildman–Crippen LogP) is 4.16. The average molecular weight is 277 g/mol. The maximum Gasteiger partial charge on any atom is 0.164 e. The van der Waals surface area contributed by atoms with Gasteiger partial charge in [-0.05, 0) is 51.3 Å². The fourth-order valence-electron chi connectivity index (χ4n) is 3.83. The van der Waals surface area contributed by atoms with Gasteiger partial charge in [-0.15, -0.1) is 0 Å². The summed E-state index contributed by atoms with van der Waals surface area (Å²) < 4.78 is 2.51. The number of thioether (sulfide) groups is 1. The number of fused-ring (bicyclic) bond motifs is 1. The van der Waals surface area contributed by atoms with Crippen LogP contribution in [0.1, 0.15) is 66.3 Å². The van der Waals surface area contributed by atoms with E-state index in [1.807, 2.05) is 11.8 Å². The van der Waals surface area contributed by atoms with E-state index in [1.54, 1.807) is 0 Å². The first kappa shape index (κ1) is 13.3. The quantitative estimate of drug-likeness (QED) is 0.809. The van der Waals surface area contributed by atoms with E-state index in [4.69, 9.17) is 0 Å². The Balaban J connectivity index is 1.94. The first-order valence-electron chi connectivity index (χ1n) is 7.47. The van der Waals surface area contributed by atoms with Gasteiger partial charge in [-0.25, -0.2) is 0 Å². The van der Waals surface area contributed by atoms with Gasteiger partial charge in [0.25, 0.3) is 0 Å². The molecule has 1 aromatic rings. The first-order chi connectivity index (χ1) is 9.20. The molecule has 0 bridgehead atoms. The molecule has 3 rings (SSSR count). The molecule has 19 heavy (non-hydrogen) atoms. The molecule has 2 atom stereocenters. The fraction of sp³-hybridized carbons (Fsp3) is 0.688. The summed E-state index contributed by atoms with van der Waals surface area (Å²) in [6.07, 6.45) is 10.4. The summed E-state index contributed by atoms with van der Waals surface area (Å²) in [5.74, 6) is 0.361. The highest BCUT2D eigenvalue weighted by Gasteiger charge is 2.29. The van der Waals surface area contributed by atoms with Crippen molar-refractivity contribution in [2.24, 2.45) is 0 Å². The molecule has 1 aromatic heterocycles. The van der Waals surface area contributed by atoms with Crippen molar-refractivity contribution in [2.45, 2.75) is 63.2 Å². The van der Waals surface area contributed by atoms with Crippen LogP contribution >= 0.6 is 11.8 Å². The number of aromatic nitrogens is 1. The Morgan fingerprint density at radius 2 is 2.11 bits per heavy atom. The molecule has 0 aromatic carbocycles. The van der Waals surface area contributed by atoms with Gasteiger partial charge in [0.2, 0.25) is 0 Å². The van der Waals surface area contributed by atoms with Crippen LogP contribution in [0.3, 0.4) is 0 Å². The van der Waals surface area contributed by atoms with Gasteiger partial charge in [-0.3, -0.25) is 4.79 Å². The molecule has 0 aliphatic heterocycles. The standard InChI is InChI=1S/C16H23NOS/c1-11-9-14-15(7-4-8-16(14)18)17(11)12-5-3-6-13(10-12)19-2/h9,12-13H,3-8,10H2,1-2H3. The molecule has 0 spiro atoms. The van der Waals surface area contributed by atoms with E-state index >= 15 is 0 Å². The lowest BCUT2D eigenvalue weighted by Crippen LogP contribution is -2.24. The second kappa shape index (κ2) is 5.35. The molecule has 2 nitrogen and oxygen atoms in total. The minimum Gasteiger partial charge on any atom is -0.345 e. The Kier molecular flexibility index (Phi) is 3.75. The number of hydrogen-bond donors (Lipinski definition) is 0. The molecular formula is C16H23NOS. The third-order valence-electron chi connectivity index (χ3n) is 4.75. The lowest BCUT2D eigenvalue weighted by Gasteiger charge is -2.32. The molecule has 3 heteroatoms. The number of hydrogen-bond acceptors (Lipinski definition) is 2. The molecule has 104 valence electrons. The number of Topliss-reactive ketones (excluding diaryl/α,β-unsaturated/α-hetero) is 1. The lowest BCUT2D eigenvalue weighted by atomic mass is 9.92. The zero-order valence-corrected chi connectivity index (χ0v) is 12.8. The van der Waals surface area contributed by atoms with Crippen molar-refractivity contribution in [1.29, 1.82) is 0 Å². The molecule has 1 saturated carbocycles. The van der Waals surface area contributed by atoms with E-state index in [1.165, 1.54) is 37.1 Å². The number of carbonyl (C=O) groups is 1. The number of carbonyl (C=O) groups excluding carboxylic acids is 1. The van der Waals surface area contributed by atoms with Gasteiger partial charge in [-0.2, -0.15) is 11.8 Å². The number of ketones is 1.